The zero-order valence-electron chi connectivity index (χ0n) is 18.0. The quantitative estimate of drug-likeness (QED) is 0.540. The van der Waals surface area contributed by atoms with Gasteiger partial charge in [0, 0.05) is 17.5 Å². The van der Waals surface area contributed by atoms with E-state index in [1.807, 2.05) is 0 Å². The molecule has 0 saturated heterocycles. The van der Waals surface area contributed by atoms with Gasteiger partial charge in [-0.05, 0) is 67.9 Å². The van der Waals surface area contributed by atoms with Crippen LogP contribution in [0.4, 0.5) is 0 Å². The van der Waals surface area contributed by atoms with Gasteiger partial charge in [-0.1, -0.05) is 64.8 Å². The van der Waals surface area contributed by atoms with Crippen LogP contribution >= 0.6 is 0 Å². The van der Waals surface area contributed by atoms with Crippen LogP contribution in [0.5, 0.6) is 0 Å². The molecule has 3 atom stereocenters. The van der Waals surface area contributed by atoms with Crippen molar-refractivity contribution in [1.82, 2.24) is 0 Å². The smallest absolute Gasteiger partial charge is 0.0740 e. The summed E-state index contributed by atoms with van der Waals surface area (Å²) in [5.74, 6) is 3.53. The third-order valence-electron chi connectivity index (χ3n) is 6.40. The molecule has 2 heteroatoms. The van der Waals surface area contributed by atoms with Crippen molar-refractivity contribution in [2.45, 2.75) is 79.6 Å². The van der Waals surface area contributed by atoms with E-state index >= 15 is 0 Å². The molecule has 1 aliphatic heterocycles. The number of benzene rings is 1. The van der Waals surface area contributed by atoms with Crippen LogP contribution in [0.2, 0.25) is 0 Å². The highest BCUT2D eigenvalue weighted by Crippen LogP contribution is 2.37. The Bertz CT molecular complexity index is 666. The number of nitrogens with zero attached hydrogens (tertiary/aromatic N) is 2. The summed E-state index contributed by atoms with van der Waals surface area (Å²) in [5.41, 5.74) is 5.21. The van der Waals surface area contributed by atoms with Crippen LogP contribution in [-0.2, 0) is 6.42 Å². The molecule has 2 nitrogen and oxygen atoms in total. The lowest BCUT2D eigenvalue weighted by Gasteiger charge is -2.34. The van der Waals surface area contributed by atoms with E-state index in [9.17, 15) is 0 Å². The number of hydrogen-bond acceptors (Lipinski definition) is 2. The molecule has 1 heterocycles. The molecule has 0 bridgehead atoms. The largest absolute Gasteiger partial charge is 0.160 e. The minimum Gasteiger partial charge on any atom is -0.160 e. The van der Waals surface area contributed by atoms with Crippen molar-refractivity contribution in [3.63, 3.8) is 0 Å². The number of rotatable bonds is 5. The summed E-state index contributed by atoms with van der Waals surface area (Å²) in [6.45, 7) is 11.5. The van der Waals surface area contributed by atoms with Gasteiger partial charge < -0.3 is 0 Å². The van der Waals surface area contributed by atoms with E-state index in [2.05, 4.69) is 64.0 Å². The Balaban J connectivity index is 1.79. The summed E-state index contributed by atoms with van der Waals surface area (Å²) in [4.78, 5) is 0. The summed E-state index contributed by atoms with van der Waals surface area (Å²) in [5, 5.41) is 9.31. The van der Waals surface area contributed by atoms with E-state index in [4.69, 9.17) is 5.10 Å². The fourth-order valence-corrected chi connectivity index (χ4v) is 5.15. The van der Waals surface area contributed by atoms with Gasteiger partial charge in [0.15, 0.2) is 0 Å². The first-order chi connectivity index (χ1) is 12.9. The first kappa shape index (κ1) is 20.3. The summed E-state index contributed by atoms with van der Waals surface area (Å²) >= 11 is 0. The van der Waals surface area contributed by atoms with E-state index < -0.39 is 0 Å². The lowest BCUT2D eigenvalue weighted by Crippen LogP contribution is -2.34. The fourth-order valence-electron chi connectivity index (χ4n) is 5.15. The number of hydrogen-bond donors (Lipinski definition) is 0. The SMILES string of the molecule is CC1=NN=C(c2ccc(CC(C)C)cc2)C2CCC(CC(C)C)CCCC12. The highest BCUT2D eigenvalue weighted by Gasteiger charge is 2.34. The average Bonchev–Trinajstić information content (AvgIpc) is 2.59. The Hall–Kier alpha value is -1.44. The molecular formula is C25H38N2. The van der Waals surface area contributed by atoms with Crippen molar-refractivity contribution in [2.75, 3.05) is 0 Å². The van der Waals surface area contributed by atoms with Gasteiger partial charge in [0.2, 0.25) is 0 Å². The fraction of sp³-hybridized carbons (Fsp3) is 0.680. The molecule has 1 aromatic rings. The highest BCUT2D eigenvalue weighted by atomic mass is 15.2. The van der Waals surface area contributed by atoms with Crippen molar-refractivity contribution in [1.29, 1.82) is 0 Å². The Morgan fingerprint density at radius 2 is 1.59 bits per heavy atom. The minimum absolute atomic E-state index is 0.549. The molecule has 0 N–H and O–H groups in total. The normalized spacial score (nSPS) is 26.3. The molecule has 1 saturated carbocycles. The molecule has 27 heavy (non-hydrogen) atoms. The Morgan fingerprint density at radius 1 is 0.852 bits per heavy atom. The second-order valence-electron chi connectivity index (χ2n) is 9.74. The molecule has 1 aliphatic carbocycles. The molecular weight excluding hydrogens is 328 g/mol. The van der Waals surface area contributed by atoms with Gasteiger partial charge >= 0.3 is 0 Å². The second kappa shape index (κ2) is 9.17. The van der Waals surface area contributed by atoms with E-state index in [1.54, 1.807) is 0 Å². The van der Waals surface area contributed by atoms with Gasteiger partial charge in [-0.25, -0.2) is 0 Å². The Labute approximate surface area is 166 Å². The van der Waals surface area contributed by atoms with Gasteiger partial charge in [-0.15, -0.1) is 0 Å². The standard InChI is InChI=1S/C25H38N2/c1-17(2)15-20-7-6-8-23-19(5)26-27-25(24(23)14-11-20)22-12-9-21(10-13-22)16-18(3)4/h9-10,12-13,17-18,20,23-24H,6-8,11,14-16H2,1-5H3. The van der Waals surface area contributed by atoms with Gasteiger partial charge in [-0.2, -0.15) is 10.2 Å². The molecule has 148 valence electrons. The predicted molar refractivity (Wildman–Crippen MR) is 118 cm³/mol. The van der Waals surface area contributed by atoms with Crippen molar-refractivity contribution in [2.24, 2.45) is 39.8 Å². The van der Waals surface area contributed by atoms with Crippen LogP contribution in [0.25, 0.3) is 0 Å². The Kier molecular flexibility index (Phi) is 6.89. The van der Waals surface area contributed by atoms with Crippen molar-refractivity contribution < 1.29 is 0 Å². The lowest BCUT2D eigenvalue weighted by atomic mass is 9.72. The van der Waals surface area contributed by atoms with Crippen molar-refractivity contribution >= 4 is 11.4 Å². The van der Waals surface area contributed by atoms with Gasteiger partial charge in [0.1, 0.15) is 0 Å². The monoisotopic (exact) mass is 366 g/mol. The topological polar surface area (TPSA) is 24.7 Å². The third kappa shape index (κ3) is 5.30. The molecule has 1 aromatic carbocycles. The van der Waals surface area contributed by atoms with E-state index in [0.29, 0.717) is 17.8 Å². The minimum atomic E-state index is 0.549. The first-order valence-electron chi connectivity index (χ1n) is 11.1. The molecule has 0 radical (unpaired) electrons. The molecule has 3 unspecified atom stereocenters. The maximum atomic E-state index is 4.72. The van der Waals surface area contributed by atoms with Crippen LogP contribution in [0.3, 0.4) is 0 Å². The molecule has 2 aliphatic rings. The van der Waals surface area contributed by atoms with E-state index in [-0.39, 0.29) is 0 Å². The van der Waals surface area contributed by atoms with Crippen molar-refractivity contribution in [3.05, 3.63) is 35.4 Å². The summed E-state index contributed by atoms with van der Waals surface area (Å²) in [6.07, 6.45) is 9.14. The molecule has 3 rings (SSSR count). The average molecular weight is 367 g/mol. The third-order valence-corrected chi connectivity index (χ3v) is 6.40. The van der Waals surface area contributed by atoms with Crippen LogP contribution in [0, 0.1) is 29.6 Å². The second-order valence-corrected chi connectivity index (χ2v) is 9.74. The first-order valence-corrected chi connectivity index (χ1v) is 11.1. The zero-order valence-corrected chi connectivity index (χ0v) is 18.0. The Morgan fingerprint density at radius 3 is 2.26 bits per heavy atom. The van der Waals surface area contributed by atoms with Gasteiger partial charge in [-0.3, -0.25) is 0 Å². The summed E-state index contributed by atoms with van der Waals surface area (Å²) < 4.78 is 0. The van der Waals surface area contributed by atoms with E-state index in [1.165, 1.54) is 61.1 Å². The lowest BCUT2D eigenvalue weighted by molar-refractivity contribution is 0.285. The van der Waals surface area contributed by atoms with Crippen LogP contribution < -0.4 is 0 Å². The molecule has 1 fully saturated rings. The van der Waals surface area contributed by atoms with Crippen molar-refractivity contribution in [3.8, 4) is 0 Å². The predicted octanol–water partition coefficient (Wildman–Crippen LogP) is 6.92. The maximum Gasteiger partial charge on any atom is 0.0740 e. The highest BCUT2D eigenvalue weighted by molar-refractivity contribution is 6.06. The van der Waals surface area contributed by atoms with Crippen LogP contribution in [-0.4, -0.2) is 11.4 Å². The zero-order chi connectivity index (χ0) is 19.4. The van der Waals surface area contributed by atoms with Crippen LogP contribution in [0.15, 0.2) is 34.5 Å². The summed E-state index contributed by atoms with van der Waals surface area (Å²) in [7, 11) is 0. The van der Waals surface area contributed by atoms with E-state index in [0.717, 1.165) is 18.3 Å². The van der Waals surface area contributed by atoms with Gasteiger partial charge in [0.05, 0.1) is 5.71 Å². The molecule has 0 aromatic heterocycles. The molecule has 0 amide bonds. The maximum absolute atomic E-state index is 4.72. The summed E-state index contributed by atoms with van der Waals surface area (Å²) in [6, 6.07) is 9.16. The molecule has 0 spiro atoms. The van der Waals surface area contributed by atoms with Crippen LogP contribution in [0.1, 0.15) is 84.3 Å². The van der Waals surface area contributed by atoms with Gasteiger partial charge in [0.25, 0.3) is 0 Å². The number of fused-ring (bicyclic) bond motifs is 1.